The van der Waals surface area contributed by atoms with Gasteiger partial charge in [0.2, 0.25) is 5.95 Å². The summed E-state index contributed by atoms with van der Waals surface area (Å²) in [6.07, 6.45) is 2.35. The Morgan fingerprint density at radius 3 is 2.39 bits per heavy atom. The Hall–Kier alpha value is -1.47. The van der Waals surface area contributed by atoms with Gasteiger partial charge in [-0.15, -0.1) is 0 Å². The summed E-state index contributed by atoms with van der Waals surface area (Å²) in [6, 6.07) is 7.14. The van der Waals surface area contributed by atoms with Crippen molar-refractivity contribution < 1.29 is 8.42 Å². The lowest BCUT2D eigenvalue weighted by molar-refractivity contribution is 0.601. The number of anilines is 1. The van der Waals surface area contributed by atoms with Crippen LogP contribution in [0.3, 0.4) is 0 Å². The van der Waals surface area contributed by atoms with E-state index in [1.807, 2.05) is 0 Å². The van der Waals surface area contributed by atoms with E-state index in [1.54, 1.807) is 24.3 Å². The fourth-order valence-electron chi connectivity index (χ4n) is 1.47. The second-order valence-corrected chi connectivity index (χ2v) is 6.62. The van der Waals surface area contributed by atoms with Crippen LogP contribution in [0.5, 0.6) is 0 Å². The summed E-state index contributed by atoms with van der Waals surface area (Å²) in [5.74, 6) is 0.0420. The molecule has 0 amide bonds. The van der Waals surface area contributed by atoms with E-state index in [0.29, 0.717) is 11.3 Å². The molecule has 0 atom stereocenters. The summed E-state index contributed by atoms with van der Waals surface area (Å²) >= 11 is 3.31. The second-order valence-electron chi connectivity index (χ2n) is 3.72. The molecule has 0 aliphatic heterocycles. The van der Waals surface area contributed by atoms with Crippen LogP contribution in [0.25, 0.3) is 11.3 Å². The first-order valence-corrected chi connectivity index (χ1v) is 7.65. The molecule has 1 aromatic carbocycles. The molecule has 0 unspecified atom stereocenters. The number of nitrogen functional groups attached to an aromatic ring is 1. The van der Waals surface area contributed by atoms with Crippen LogP contribution in [-0.2, 0) is 9.84 Å². The molecular formula is C11H10BrN3O2S. The van der Waals surface area contributed by atoms with Gasteiger partial charge in [-0.25, -0.2) is 18.4 Å². The zero-order valence-electron chi connectivity index (χ0n) is 9.46. The maximum absolute atomic E-state index is 11.7. The molecule has 1 heterocycles. The number of hydrogen-bond acceptors (Lipinski definition) is 5. The fourth-order valence-corrected chi connectivity index (χ4v) is 2.49. The molecule has 7 heteroatoms. The molecule has 0 spiro atoms. The lowest BCUT2D eigenvalue weighted by Crippen LogP contribution is -2.05. The molecule has 94 valence electrons. The Morgan fingerprint density at radius 1 is 1.22 bits per heavy atom. The first-order chi connectivity index (χ1) is 8.38. The highest BCUT2D eigenvalue weighted by Crippen LogP contribution is 2.26. The lowest BCUT2D eigenvalue weighted by Gasteiger charge is -2.07. The van der Waals surface area contributed by atoms with Crippen molar-refractivity contribution in [3.8, 4) is 11.3 Å². The maximum Gasteiger partial charge on any atom is 0.220 e. The van der Waals surface area contributed by atoms with E-state index in [1.165, 1.54) is 6.20 Å². The standard InChI is InChI=1S/C11H10BrN3O2S/c1-18(16,17)9-6-14-11(13)15-10(9)7-2-4-8(12)5-3-7/h2-6H,1H3,(H2,13,14,15). The molecule has 0 radical (unpaired) electrons. The number of sulfone groups is 1. The van der Waals surface area contributed by atoms with Crippen LogP contribution >= 0.6 is 15.9 Å². The van der Waals surface area contributed by atoms with Crippen molar-refractivity contribution >= 4 is 31.7 Å². The molecule has 5 nitrogen and oxygen atoms in total. The van der Waals surface area contributed by atoms with Crippen molar-refractivity contribution in [2.45, 2.75) is 4.90 Å². The molecule has 0 aliphatic rings. The minimum absolute atomic E-state index is 0.0420. The maximum atomic E-state index is 11.7. The number of nitrogens with zero attached hydrogens (tertiary/aromatic N) is 2. The zero-order chi connectivity index (χ0) is 13.3. The molecule has 0 saturated carbocycles. The number of halogens is 1. The van der Waals surface area contributed by atoms with Gasteiger partial charge in [-0.3, -0.25) is 0 Å². The van der Waals surface area contributed by atoms with E-state index < -0.39 is 9.84 Å². The Morgan fingerprint density at radius 2 is 1.83 bits per heavy atom. The molecular weight excluding hydrogens is 318 g/mol. The van der Waals surface area contributed by atoms with Crippen molar-refractivity contribution in [1.82, 2.24) is 9.97 Å². The molecule has 0 bridgehead atoms. The third-order valence-electron chi connectivity index (χ3n) is 2.29. The van der Waals surface area contributed by atoms with Crippen LogP contribution < -0.4 is 5.73 Å². The summed E-state index contributed by atoms with van der Waals surface area (Å²) in [7, 11) is -3.40. The number of benzene rings is 1. The van der Waals surface area contributed by atoms with E-state index in [2.05, 4.69) is 25.9 Å². The van der Waals surface area contributed by atoms with Crippen molar-refractivity contribution in [3.63, 3.8) is 0 Å². The van der Waals surface area contributed by atoms with E-state index in [9.17, 15) is 8.42 Å². The van der Waals surface area contributed by atoms with E-state index in [4.69, 9.17) is 5.73 Å². The highest BCUT2D eigenvalue weighted by atomic mass is 79.9. The number of aromatic nitrogens is 2. The first kappa shape index (κ1) is 13.0. The number of hydrogen-bond donors (Lipinski definition) is 1. The minimum Gasteiger partial charge on any atom is -0.368 e. The van der Waals surface area contributed by atoms with Gasteiger partial charge in [0.25, 0.3) is 0 Å². The normalized spacial score (nSPS) is 11.4. The molecule has 0 saturated heterocycles. The molecule has 2 N–H and O–H groups in total. The molecule has 18 heavy (non-hydrogen) atoms. The van der Waals surface area contributed by atoms with Crippen LogP contribution in [0.15, 0.2) is 39.8 Å². The molecule has 2 rings (SSSR count). The van der Waals surface area contributed by atoms with E-state index in [0.717, 1.165) is 10.7 Å². The van der Waals surface area contributed by atoms with E-state index in [-0.39, 0.29) is 10.8 Å². The average molecular weight is 328 g/mol. The predicted molar refractivity (Wildman–Crippen MR) is 72.7 cm³/mol. The molecule has 0 aliphatic carbocycles. The van der Waals surface area contributed by atoms with Crippen molar-refractivity contribution in [3.05, 3.63) is 34.9 Å². The Balaban J connectivity index is 2.69. The summed E-state index contributed by atoms with van der Waals surface area (Å²) in [6.45, 7) is 0. The topological polar surface area (TPSA) is 85.9 Å². The lowest BCUT2D eigenvalue weighted by atomic mass is 10.1. The van der Waals surface area contributed by atoms with Gasteiger partial charge in [0, 0.05) is 16.3 Å². The Kier molecular flexibility index (Phi) is 3.36. The monoisotopic (exact) mass is 327 g/mol. The fraction of sp³-hybridized carbons (Fsp3) is 0.0909. The van der Waals surface area contributed by atoms with Gasteiger partial charge in [-0.05, 0) is 12.1 Å². The summed E-state index contributed by atoms with van der Waals surface area (Å²) in [4.78, 5) is 7.81. The summed E-state index contributed by atoms with van der Waals surface area (Å²) in [5, 5.41) is 0. The summed E-state index contributed by atoms with van der Waals surface area (Å²) in [5.41, 5.74) is 6.50. The number of rotatable bonds is 2. The van der Waals surface area contributed by atoms with E-state index >= 15 is 0 Å². The third kappa shape index (κ3) is 2.68. The van der Waals surface area contributed by atoms with Gasteiger partial charge in [0.1, 0.15) is 4.90 Å². The minimum atomic E-state index is -3.40. The van der Waals surface area contributed by atoms with Gasteiger partial charge in [-0.2, -0.15) is 0 Å². The highest BCUT2D eigenvalue weighted by Gasteiger charge is 2.17. The molecule has 0 fully saturated rings. The van der Waals surface area contributed by atoms with Crippen LogP contribution in [0.4, 0.5) is 5.95 Å². The first-order valence-electron chi connectivity index (χ1n) is 4.96. The Bertz CT molecular complexity index is 684. The van der Waals surface area contributed by atoms with Gasteiger partial charge < -0.3 is 5.73 Å². The quantitative estimate of drug-likeness (QED) is 0.910. The van der Waals surface area contributed by atoms with Gasteiger partial charge in [0.05, 0.1) is 11.9 Å². The number of nitrogens with two attached hydrogens (primary N) is 1. The largest absolute Gasteiger partial charge is 0.368 e. The zero-order valence-corrected chi connectivity index (χ0v) is 11.9. The van der Waals surface area contributed by atoms with Crippen LogP contribution in [-0.4, -0.2) is 24.6 Å². The van der Waals surface area contributed by atoms with Crippen LogP contribution in [0.1, 0.15) is 0 Å². The SMILES string of the molecule is CS(=O)(=O)c1cnc(N)nc1-c1ccc(Br)cc1. The highest BCUT2D eigenvalue weighted by molar-refractivity contribution is 9.10. The molecule has 1 aromatic heterocycles. The molecule has 2 aromatic rings. The third-order valence-corrected chi connectivity index (χ3v) is 3.92. The van der Waals surface area contributed by atoms with Crippen molar-refractivity contribution in [1.29, 1.82) is 0 Å². The Labute approximate surface area is 113 Å². The van der Waals surface area contributed by atoms with Gasteiger partial charge in [0.15, 0.2) is 9.84 Å². The van der Waals surface area contributed by atoms with Gasteiger partial charge >= 0.3 is 0 Å². The van der Waals surface area contributed by atoms with Crippen LogP contribution in [0, 0.1) is 0 Å². The van der Waals surface area contributed by atoms with Gasteiger partial charge in [-0.1, -0.05) is 28.1 Å². The van der Waals surface area contributed by atoms with Crippen LogP contribution in [0.2, 0.25) is 0 Å². The average Bonchev–Trinajstić information content (AvgIpc) is 2.28. The van der Waals surface area contributed by atoms with Crippen molar-refractivity contribution in [2.24, 2.45) is 0 Å². The predicted octanol–water partition coefficient (Wildman–Crippen LogP) is 1.89. The smallest absolute Gasteiger partial charge is 0.220 e. The second kappa shape index (κ2) is 4.66. The van der Waals surface area contributed by atoms with Crippen molar-refractivity contribution in [2.75, 3.05) is 12.0 Å². The summed E-state index contributed by atoms with van der Waals surface area (Å²) < 4.78 is 24.2.